The van der Waals surface area contributed by atoms with Gasteiger partial charge in [-0.05, 0) is 54.9 Å². The molecular formula is C15H11Cl3FNO3S. The zero-order valence-electron chi connectivity index (χ0n) is 12.2. The molecule has 0 aromatic heterocycles. The highest BCUT2D eigenvalue weighted by Gasteiger charge is 2.34. The summed E-state index contributed by atoms with van der Waals surface area (Å²) in [5.41, 5.74) is -0.00464. The first kappa shape index (κ1) is 19.0. The fraction of sp³-hybridized carbons (Fsp3) is 0.133. The van der Waals surface area contributed by atoms with Crippen LogP contribution in [-0.4, -0.2) is 19.7 Å². The van der Waals surface area contributed by atoms with Crippen molar-refractivity contribution in [3.05, 3.63) is 58.3 Å². The Kier molecular flexibility index (Phi) is 5.75. The molecule has 2 aromatic rings. The van der Waals surface area contributed by atoms with E-state index in [2.05, 4.69) is 0 Å². The van der Waals surface area contributed by atoms with Gasteiger partial charge >= 0.3 is 0 Å². The fourth-order valence-electron chi connectivity index (χ4n) is 2.02. The molecule has 2 aromatic carbocycles. The van der Waals surface area contributed by atoms with Crippen molar-refractivity contribution in [2.24, 2.45) is 0 Å². The van der Waals surface area contributed by atoms with Crippen molar-refractivity contribution >= 4 is 55.8 Å². The molecule has 0 aliphatic rings. The summed E-state index contributed by atoms with van der Waals surface area (Å²) in [6, 6.07) is 7.27. The Morgan fingerprint density at radius 1 is 1.12 bits per heavy atom. The molecule has 1 atom stereocenters. The molecule has 4 nitrogen and oxygen atoms in total. The van der Waals surface area contributed by atoms with Crippen molar-refractivity contribution < 1.29 is 17.6 Å². The van der Waals surface area contributed by atoms with E-state index < -0.39 is 27.1 Å². The molecule has 2 rings (SSSR count). The maximum absolute atomic E-state index is 13.1. The lowest BCUT2D eigenvalue weighted by Crippen LogP contribution is -2.42. The van der Waals surface area contributed by atoms with Crippen LogP contribution < -0.4 is 4.31 Å². The number of hydrogen-bond acceptors (Lipinski definition) is 3. The van der Waals surface area contributed by atoms with E-state index in [1.807, 2.05) is 0 Å². The lowest BCUT2D eigenvalue weighted by Gasteiger charge is -2.29. The third-order valence-electron chi connectivity index (χ3n) is 3.22. The van der Waals surface area contributed by atoms with Crippen molar-refractivity contribution in [2.75, 3.05) is 4.31 Å². The van der Waals surface area contributed by atoms with Crippen LogP contribution in [-0.2, 0) is 14.8 Å². The molecule has 24 heavy (non-hydrogen) atoms. The molecule has 0 aliphatic carbocycles. The summed E-state index contributed by atoms with van der Waals surface area (Å²) in [5, 5.41) is -0.839. The van der Waals surface area contributed by atoms with Gasteiger partial charge in [0.15, 0.2) is 0 Å². The van der Waals surface area contributed by atoms with Gasteiger partial charge in [-0.15, -0.1) is 0 Å². The largest absolute Gasteiger partial charge is 0.279 e. The first-order valence-electron chi connectivity index (χ1n) is 6.59. The molecule has 0 fully saturated rings. The normalized spacial score (nSPS) is 12.7. The zero-order chi connectivity index (χ0) is 18.1. The first-order valence-corrected chi connectivity index (χ1v) is 9.17. The summed E-state index contributed by atoms with van der Waals surface area (Å²) in [7, 11) is -4.24. The van der Waals surface area contributed by atoms with Gasteiger partial charge in [-0.2, -0.15) is 0 Å². The van der Waals surface area contributed by atoms with Crippen LogP contribution in [0.5, 0.6) is 0 Å². The SMILES string of the molecule is CC(C(=O)Cl)N(c1cccc(Cl)c1Cl)S(=O)(=O)c1ccc(F)cc1. The van der Waals surface area contributed by atoms with Gasteiger partial charge in [-0.3, -0.25) is 9.10 Å². The minimum atomic E-state index is -4.24. The Hall–Kier alpha value is -1.34. The molecule has 0 amide bonds. The lowest BCUT2D eigenvalue weighted by atomic mass is 10.3. The number of nitrogens with zero attached hydrogens (tertiary/aromatic N) is 1. The summed E-state index contributed by atoms with van der Waals surface area (Å²) in [6.07, 6.45) is 0. The van der Waals surface area contributed by atoms with Gasteiger partial charge in [-0.1, -0.05) is 29.3 Å². The van der Waals surface area contributed by atoms with E-state index in [1.165, 1.54) is 25.1 Å². The minimum Gasteiger partial charge on any atom is -0.279 e. The molecule has 0 heterocycles. The third kappa shape index (κ3) is 3.67. The smallest absolute Gasteiger partial charge is 0.265 e. The van der Waals surface area contributed by atoms with Crippen molar-refractivity contribution in [3.63, 3.8) is 0 Å². The Morgan fingerprint density at radius 2 is 1.71 bits per heavy atom. The van der Waals surface area contributed by atoms with Gasteiger partial charge in [0.2, 0.25) is 5.24 Å². The third-order valence-corrected chi connectivity index (χ3v) is 6.24. The number of benzene rings is 2. The van der Waals surface area contributed by atoms with E-state index in [1.54, 1.807) is 0 Å². The van der Waals surface area contributed by atoms with Crippen molar-refractivity contribution in [2.45, 2.75) is 17.9 Å². The summed E-state index contributed by atoms with van der Waals surface area (Å²) in [6.45, 7) is 1.31. The van der Waals surface area contributed by atoms with E-state index in [0.717, 1.165) is 28.6 Å². The highest BCUT2D eigenvalue weighted by Crippen LogP contribution is 2.37. The van der Waals surface area contributed by atoms with Gasteiger partial charge < -0.3 is 0 Å². The standard InChI is InChI=1S/C15H11Cl3FNO3S/c1-9(15(18)21)20(13-4-2-3-12(16)14(13)17)24(22,23)11-7-5-10(19)6-8-11/h2-9H,1H3. The van der Waals surface area contributed by atoms with E-state index in [0.29, 0.717) is 0 Å². The van der Waals surface area contributed by atoms with Crippen LogP contribution in [0, 0.1) is 5.82 Å². The number of carbonyl (C=O) groups is 1. The zero-order valence-corrected chi connectivity index (χ0v) is 15.3. The number of sulfonamides is 1. The number of halogens is 4. The number of carbonyl (C=O) groups excluding carboxylic acids is 1. The van der Waals surface area contributed by atoms with Crippen LogP contribution in [0.4, 0.5) is 10.1 Å². The molecule has 0 saturated carbocycles. The van der Waals surface area contributed by atoms with E-state index in [9.17, 15) is 17.6 Å². The van der Waals surface area contributed by atoms with Crippen LogP contribution in [0.2, 0.25) is 10.0 Å². The maximum atomic E-state index is 13.1. The lowest BCUT2D eigenvalue weighted by molar-refractivity contribution is -0.112. The van der Waals surface area contributed by atoms with Crippen molar-refractivity contribution in [1.82, 2.24) is 0 Å². The van der Waals surface area contributed by atoms with Gasteiger partial charge in [0.25, 0.3) is 10.0 Å². The van der Waals surface area contributed by atoms with Gasteiger partial charge in [0.1, 0.15) is 11.9 Å². The predicted molar refractivity (Wildman–Crippen MR) is 92.8 cm³/mol. The highest BCUT2D eigenvalue weighted by atomic mass is 35.5. The van der Waals surface area contributed by atoms with Gasteiger partial charge in [-0.25, -0.2) is 12.8 Å². The summed E-state index contributed by atoms with van der Waals surface area (Å²) in [5.74, 6) is -0.595. The molecule has 0 saturated heterocycles. The maximum Gasteiger partial charge on any atom is 0.265 e. The second-order valence-corrected chi connectivity index (χ2v) is 7.78. The molecule has 9 heteroatoms. The minimum absolute atomic E-state index is 0.00464. The van der Waals surface area contributed by atoms with Gasteiger partial charge in [0.05, 0.1) is 20.6 Å². The van der Waals surface area contributed by atoms with E-state index >= 15 is 0 Å². The Morgan fingerprint density at radius 3 is 2.25 bits per heavy atom. The molecule has 1 unspecified atom stereocenters. The topological polar surface area (TPSA) is 54.5 Å². The molecule has 128 valence electrons. The summed E-state index contributed by atoms with van der Waals surface area (Å²) < 4.78 is 39.7. The van der Waals surface area contributed by atoms with Crippen molar-refractivity contribution in [1.29, 1.82) is 0 Å². The Balaban J connectivity index is 2.69. The van der Waals surface area contributed by atoms with Crippen LogP contribution in [0.25, 0.3) is 0 Å². The number of rotatable bonds is 5. The second-order valence-electron chi connectivity index (χ2n) is 4.81. The number of anilines is 1. The molecule has 0 radical (unpaired) electrons. The molecule has 0 bridgehead atoms. The molecular weight excluding hydrogens is 400 g/mol. The average molecular weight is 411 g/mol. The van der Waals surface area contributed by atoms with Crippen LogP contribution in [0.15, 0.2) is 47.4 Å². The summed E-state index contributed by atoms with van der Waals surface area (Å²) >= 11 is 17.5. The van der Waals surface area contributed by atoms with Crippen LogP contribution in [0.1, 0.15) is 6.92 Å². The van der Waals surface area contributed by atoms with E-state index in [4.69, 9.17) is 34.8 Å². The van der Waals surface area contributed by atoms with Crippen molar-refractivity contribution in [3.8, 4) is 0 Å². The van der Waals surface area contributed by atoms with Gasteiger partial charge in [0, 0.05) is 0 Å². The first-order chi connectivity index (χ1) is 11.2. The number of hydrogen-bond donors (Lipinski definition) is 0. The Bertz CT molecular complexity index is 872. The second kappa shape index (κ2) is 7.27. The van der Waals surface area contributed by atoms with Crippen LogP contribution in [0.3, 0.4) is 0 Å². The highest BCUT2D eigenvalue weighted by molar-refractivity contribution is 7.93. The Labute approximate surface area is 153 Å². The van der Waals surface area contributed by atoms with Crippen LogP contribution >= 0.6 is 34.8 Å². The fourth-order valence-corrected chi connectivity index (χ4v) is 4.24. The average Bonchev–Trinajstić information content (AvgIpc) is 2.51. The predicted octanol–water partition coefficient (Wildman–Crippen LogP) is 4.48. The monoisotopic (exact) mass is 409 g/mol. The molecule has 0 N–H and O–H groups in total. The quantitative estimate of drug-likeness (QED) is 0.683. The molecule has 0 spiro atoms. The van der Waals surface area contributed by atoms with E-state index in [-0.39, 0.29) is 20.6 Å². The summed E-state index contributed by atoms with van der Waals surface area (Å²) in [4.78, 5) is 11.4. The molecule has 0 aliphatic heterocycles.